The topological polar surface area (TPSA) is 58.4 Å². The van der Waals surface area contributed by atoms with Gasteiger partial charge < -0.3 is 16.0 Å². The van der Waals surface area contributed by atoms with Gasteiger partial charge in [-0.05, 0) is 44.5 Å². The SMILES string of the molecule is Cc1cccc(C(=O)NC2CCN(C)CC2C)c1N. The molecule has 19 heavy (non-hydrogen) atoms. The number of aryl methyl sites for hydroxylation is 1. The highest BCUT2D eigenvalue weighted by Gasteiger charge is 2.26. The predicted molar refractivity (Wildman–Crippen MR) is 78.1 cm³/mol. The number of carbonyl (C=O) groups excluding carboxylic acids is 1. The van der Waals surface area contributed by atoms with E-state index < -0.39 is 0 Å². The number of hydrogen-bond donors (Lipinski definition) is 2. The standard InChI is InChI=1S/C15H23N3O/c1-10-5-4-6-12(14(10)16)15(19)17-13-7-8-18(3)9-11(13)2/h4-6,11,13H,7-9,16H2,1-3H3,(H,17,19). The Labute approximate surface area is 115 Å². The van der Waals surface area contributed by atoms with Gasteiger partial charge in [0.05, 0.1) is 5.56 Å². The van der Waals surface area contributed by atoms with Crippen molar-refractivity contribution in [3.8, 4) is 0 Å². The molecule has 1 amide bonds. The van der Waals surface area contributed by atoms with Crippen LogP contribution < -0.4 is 11.1 Å². The van der Waals surface area contributed by atoms with Crippen LogP contribution in [0.4, 0.5) is 5.69 Å². The van der Waals surface area contributed by atoms with Crippen LogP contribution in [0.5, 0.6) is 0 Å². The number of nitrogens with two attached hydrogens (primary N) is 1. The molecule has 1 aliphatic heterocycles. The Kier molecular flexibility index (Phi) is 4.10. The first kappa shape index (κ1) is 13.9. The van der Waals surface area contributed by atoms with E-state index >= 15 is 0 Å². The first-order chi connectivity index (χ1) is 8.99. The van der Waals surface area contributed by atoms with Crippen molar-refractivity contribution >= 4 is 11.6 Å². The molecule has 0 saturated carbocycles. The lowest BCUT2D eigenvalue weighted by molar-refractivity contribution is 0.0884. The molecular weight excluding hydrogens is 238 g/mol. The molecule has 4 heteroatoms. The molecule has 0 aromatic heterocycles. The van der Waals surface area contributed by atoms with Crippen LogP contribution in [0.2, 0.25) is 0 Å². The van der Waals surface area contributed by atoms with E-state index in [-0.39, 0.29) is 11.9 Å². The van der Waals surface area contributed by atoms with Gasteiger partial charge in [-0.25, -0.2) is 0 Å². The third kappa shape index (κ3) is 3.07. The minimum Gasteiger partial charge on any atom is -0.398 e. The number of para-hydroxylation sites is 1. The van der Waals surface area contributed by atoms with Crippen molar-refractivity contribution in [3.63, 3.8) is 0 Å². The molecule has 1 aliphatic rings. The van der Waals surface area contributed by atoms with E-state index in [0.29, 0.717) is 17.2 Å². The number of piperidine rings is 1. The molecule has 3 N–H and O–H groups in total. The number of likely N-dealkylation sites (tertiary alicyclic amines) is 1. The number of benzene rings is 1. The monoisotopic (exact) mass is 261 g/mol. The van der Waals surface area contributed by atoms with Gasteiger partial charge in [0.1, 0.15) is 0 Å². The second-order valence-electron chi connectivity index (χ2n) is 5.64. The molecule has 1 aromatic carbocycles. The van der Waals surface area contributed by atoms with Gasteiger partial charge in [-0.2, -0.15) is 0 Å². The normalized spacial score (nSPS) is 24.2. The van der Waals surface area contributed by atoms with E-state index in [1.165, 1.54) is 0 Å². The number of amides is 1. The molecule has 2 atom stereocenters. The minimum atomic E-state index is -0.0531. The third-order valence-electron chi connectivity index (χ3n) is 3.99. The van der Waals surface area contributed by atoms with Crippen molar-refractivity contribution in [3.05, 3.63) is 29.3 Å². The van der Waals surface area contributed by atoms with Gasteiger partial charge in [-0.15, -0.1) is 0 Å². The molecule has 0 bridgehead atoms. The molecule has 0 radical (unpaired) electrons. The molecule has 104 valence electrons. The van der Waals surface area contributed by atoms with E-state index in [4.69, 9.17) is 5.73 Å². The van der Waals surface area contributed by atoms with Gasteiger partial charge in [0.15, 0.2) is 0 Å². The highest BCUT2D eigenvalue weighted by Crippen LogP contribution is 2.19. The van der Waals surface area contributed by atoms with E-state index in [2.05, 4.69) is 24.2 Å². The van der Waals surface area contributed by atoms with Crippen molar-refractivity contribution in [2.24, 2.45) is 5.92 Å². The van der Waals surface area contributed by atoms with Crippen molar-refractivity contribution < 1.29 is 4.79 Å². The van der Waals surface area contributed by atoms with Crippen molar-refractivity contribution in [1.29, 1.82) is 0 Å². The highest BCUT2D eigenvalue weighted by atomic mass is 16.1. The number of nitrogen functional groups attached to an aromatic ring is 1. The Bertz CT molecular complexity index is 472. The van der Waals surface area contributed by atoms with Crippen molar-refractivity contribution in [1.82, 2.24) is 10.2 Å². The van der Waals surface area contributed by atoms with Crippen LogP contribution in [0, 0.1) is 12.8 Å². The van der Waals surface area contributed by atoms with Crippen LogP contribution in [-0.2, 0) is 0 Å². The Hall–Kier alpha value is -1.55. The van der Waals surface area contributed by atoms with Crippen LogP contribution in [0.25, 0.3) is 0 Å². The van der Waals surface area contributed by atoms with Crippen molar-refractivity contribution in [2.75, 3.05) is 25.9 Å². The number of anilines is 1. The van der Waals surface area contributed by atoms with Gasteiger partial charge >= 0.3 is 0 Å². The number of nitrogens with one attached hydrogen (secondary N) is 1. The smallest absolute Gasteiger partial charge is 0.253 e. The van der Waals surface area contributed by atoms with Gasteiger partial charge in [0, 0.05) is 18.3 Å². The summed E-state index contributed by atoms with van der Waals surface area (Å²) in [5.41, 5.74) is 8.10. The minimum absolute atomic E-state index is 0.0531. The van der Waals surface area contributed by atoms with Crippen LogP contribution in [0.3, 0.4) is 0 Å². The summed E-state index contributed by atoms with van der Waals surface area (Å²) in [6.45, 7) is 6.15. The van der Waals surface area contributed by atoms with Crippen molar-refractivity contribution in [2.45, 2.75) is 26.3 Å². The molecule has 0 spiro atoms. The molecule has 2 unspecified atom stereocenters. The zero-order valence-electron chi connectivity index (χ0n) is 11.9. The third-order valence-corrected chi connectivity index (χ3v) is 3.99. The lowest BCUT2D eigenvalue weighted by atomic mass is 9.93. The zero-order chi connectivity index (χ0) is 14.0. The Morgan fingerprint density at radius 2 is 2.21 bits per heavy atom. The van der Waals surface area contributed by atoms with Crippen LogP contribution >= 0.6 is 0 Å². The Morgan fingerprint density at radius 3 is 2.89 bits per heavy atom. The zero-order valence-corrected chi connectivity index (χ0v) is 11.9. The lowest BCUT2D eigenvalue weighted by Gasteiger charge is -2.35. The summed E-state index contributed by atoms with van der Waals surface area (Å²) < 4.78 is 0. The van der Waals surface area contributed by atoms with Gasteiger partial charge in [0.2, 0.25) is 0 Å². The first-order valence-corrected chi connectivity index (χ1v) is 6.83. The van der Waals surface area contributed by atoms with Crippen LogP contribution in [-0.4, -0.2) is 37.0 Å². The molecule has 1 fully saturated rings. The maximum atomic E-state index is 12.3. The summed E-state index contributed by atoms with van der Waals surface area (Å²) in [5, 5.41) is 3.13. The van der Waals surface area contributed by atoms with E-state index in [1.54, 1.807) is 6.07 Å². The second kappa shape index (κ2) is 5.61. The fourth-order valence-corrected chi connectivity index (χ4v) is 2.69. The van der Waals surface area contributed by atoms with Gasteiger partial charge in [0.25, 0.3) is 5.91 Å². The fraction of sp³-hybridized carbons (Fsp3) is 0.533. The maximum Gasteiger partial charge on any atom is 0.253 e. The maximum absolute atomic E-state index is 12.3. The van der Waals surface area contributed by atoms with Crippen LogP contribution in [0.1, 0.15) is 29.3 Å². The number of rotatable bonds is 2. The summed E-state index contributed by atoms with van der Waals surface area (Å²) in [6, 6.07) is 5.82. The van der Waals surface area contributed by atoms with Gasteiger partial charge in [-0.1, -0.05) is 19.1 Å². The van der Waals surface area contributed by atoms with E-state index in [0.717, 1.165) is 25.1 Å². The molecule has 1 saturated heterocycles. The van der Waals surface area contributed by atoms with Gasteiger partial charge in [-0.3, -0.25) is 4.79 Å². The molecule has 1 heterocycles. The summed E-state index contributed by atoms with van der Waals surface area (Å²) in [7, 11) is 2.12. The molecule has 2 rings (SSSR count). The Balaban J connectivity index is 2.07. The highest BCUT2D eigenvalue weighted by molar-refractivity contribution is 5.99. The molecule has 4 nitrogen and oxygen atoms in total. The summed E-state index contributed by atoms with van der Waals surface area (Å²) in [5.74, 6) is 0.413. The first-order valence-electron chi connectivity index (χ1n) is 6.83. The number of carbonyl (C=O) groups is 1. The average Bonchev–Trinajstić information content (AvgIpc) is 2.36. The lowest BCUT2D eigenvalue weighted by Crippen LogP contribution is -2.49. The van der Waals surface area contributed by atoms with E-state index in [9.17, 15) is 4.79 Å². The second-order valence-corrected chi connectivity index (χ2v) is 5.64. The summed E-state index contributed by atoms with van der Waals surface area (Å²) in [4.78, 5) is 14.6. The fourth-order valence-electron chi connectivity index (χ4n) is 2.69. The molecular formula is C15H23N3O. The predicted octanol–water partition coefficient (Wildman–Crippen LogP) is 1.65. The molecule has 1 aromatic rings. The summed E-state index contributed by atoms with van der Waals surface area (Å²) >= 11 is 0. The average molecular weight is 261 g/mol. The van der Waals surface area contributed by atoms with E-state index in [1.807, 2.05) is 19.1 Å². The number of nitrogens with zero attached hydrogens (tertiary/aromatic N) is 1. The summed E-state index contributed by atoms with van der Waals surface area (Å²) in [6.07, 6.45) is 0.995. The molecule has 0 aliphatic carbocycles. The number of hydrogen-bond acceptors (Lipinski definition) is 3. The largest absolute Gasteiger partial charge is 0.398 e. The quantitative estimate of drug-likeness (QED) is 0.796. The Morgan fingerprint density at radius 1 is 1.47 bits per heavy atom. The van der Waals surface area contributed by atoms with Crippen LogP contribution in [0.15, 0.2) is 18.2 Å².